The number of hydrogen-bond donors (Lipinski definition) is 1. The molecule has 0 aromatic carbocycles. The molecule has 2 rings (SSSR count). The van der Waals surface area contributed by atoms with Crippen LogP contribution in [0.2, 0.25) is 0 Å². The van der Waals surface area contributed by atoms with Crippen LogP contribution in [-0.4, -0.2) is 31.3 Å². The molecule has 2 heterocycles. The summed E-state index contributed by atoms with van der Waals surface area (Å²) in [5.74, 6) is -0.479. The van der Waals surface area contributed by atoms with E-state index in [4.69, 9.17) is 5.11 Å². The minimum atomic E-state index is -0.793. The predicted molar refractivity (Wildman–Crippen MR) is 71.9 cm³/mol. The summed E-state index contributed by atoms with van der Waals surface area (Å²) in [5, 5.41) is 20.5. The summed E-state index contributed by atoms with van der Waals surface area (Å²) in [5.41, 5.74) is 0. The number of carboxylic acids is 1. The maximum Gasteiger partial charge on any atom is 0.306 e. The van der Waals surface area contributed by atoms with Crippen molar-refractivity contribution in [2.24, 2.45) is 5.92 Å². The van der Waals surface area contributed by atoms with E-state index in [9.17, 15) is 4.79 Å². The van der Waals surface area contributed by atoms with Crippen molar-refractivity contribution in [1.29, 1.82) is 0 Å². The Morgan fingerprint density at radius 1 is 1.53 bits per heavy atom. The Morgan fingerprint density at radius 2 is 2.32 bits per heavy atom. The second kappa shape index (κ2) is 5.92. The van der Waals surface area contributed by atoms with Gasteiger partial charge in [-0.25, -0.2) is 4.68 Å². The molecule has 102 valence electrons. The third kappa shape index (κ3) is 3.17. The number of tetrazole rings is 1. The van der Waals surface area contributed by atoms with E-state index < -0.39 is 11.9 Å². The van der Waals surface area contributed by atoms with Gasteiger partial charge in [-0.1, -0.05) is 13.8 Å². The fraction of sp³-hybridized carbons (Fsp3) is 0.500. The van der Waals surface area contributed by atoms with Crippen LogP contribution >= 0.6 is 11.3 Å². The van der Waals surface area contributed by atoms with E-state index >= 15 is 0 Å². The van der Waals surface area contributed by atoms with Gasteiger partial charge in [-0.3, -0.25) is 4.79 Å². The van der Waals surface area contributed by atoms with Crippen molar-refractivity contribution in [3.63, 3.8) is 0 Å². The largest absolute Gasteiger partial charge is 0.481 e. The lowest BCUT2D eigenvalue weighted by Gasteiger charge is -2.06. The Bertz CT molecular complexity index is 564. The Kier molecular flexibility index (Phi) is 4.26. The highest BCUT2D eigenvalue weighted by atomic mass is 32.1. The maximum atomic E-state index is 10.8. The zero-order valence-electron chi connectivity index (χ0n) is 10.9. The molecule has 7 heteroatoms. The van der Waals surface area contributed by atoms with Crippen molar-refractivity contribution >= 4 is 17.3 Å². The average Bonchev–Trinajstić information content (AvgIpc) is 3.03. The lowest BCUT2D eigenvalue weighted by atomic mass is 10.1. The monoisotopic (exact) mass is 280 g/mol. The summed E-state index contributed by atoms with van der Waals surface area (Å²) >= 11 is 1.67. The molecular formula is C12H16N4O2S. The van der Waals surface area contributed by atoms with Crippen LogP contribution in [0.3, 0.4) is 0 Å². The number of carbonyl (C=O) groups is 1. The molecule has 0 amide bonds. The molecule has 0 aliphatic rings. The third-order valence-corrected chi connectivity index (χ3v) is 4.18. The number of aromatic nitrogens is 4. The summed E-state index contributed by atoms with van der Waals surface area (Å²) in [6.07, 6.45) is 1.50. The van der Waals surface area contributed by atoms with Gasteiger partial charge in [0.2, 0.25) is 0 Å². The first-order valence-corrected chi connectivity index (χ1v) is 7.01. The quantitative estimate of drug-likeness (QED) is 0.876. The van der Waals surface area contributed by atoms with E-state index in [-0.39, 0.29) is 0 Å². The lowest BCUT2D eigenvalue weighted by molar-refractivity contribution is -0.141. The van der Waals surface area contributed by atoms with E-state index in [2.05, 4.69) is 28.5 Å². The second-order valence-corrected chi connectivity index (χ2v) is 5.54. The number of hydrogen-bond acceptors (Lipinski definition) is 5. The fourth-order valence-electron chi connectivity index (χ4n) is 1.66. The molecule has 1 unspecified atom stereocenters. The van der Waals surface area contributed by atoms with Gasteiger partial charge in [-0.15, -0.1) is 16.4 Å². The van der Waals surface area contributed by atoms with Crippen molar-refractivity contribution in [2.75, 3.05) is 0 Å². The predicted octanol–water partition coefficient (Wildman–Crippen LogP) is 2.07. The molecule has 0 fully saturated rings. The Morgan fingerprint density at radius 3 is 2.95 bits per heavy atom. The second-order valence-electron chi connectivity index (χ2n) is 4.37. The van der Waals surface area contributed by atoms with E-state index in [1.807, 2.05) is 6.07 Å². The zero-order valence-corrected chi connectivity index (χ0v) is 11.7. The van der Waals surface area contributed by atoms with Crippen molar-refractivity contribution in [3.05, 3.63) is 17.0 Å². The smallest absolute Gasteiger partial charge is 0.306 e. The zero-order chi connectivity index (χ0) is 13.8. The molecule has 0 radical (unpaired) electrons. The van der Waals surface area contributed by atoms with Crippen LogP contribution in [0, 0.1) is 5.92 Å². The Hall–Kier alpha value is -1.76. The summed E-state index contributed by atoms with van der Waals surface area (Å²) < 4.78 is 1.67. The van der Waals surface area contributed by atoms with E-state index in [0.717, 1.165) is 11.3 Å². The van der Waals surface area contributed by atoms with Crippen LogP contribution in [0.4, 0.5) is 0 Å². The van der Waals surface area contributed by atoms with Crippen molar-refractivity contribution < 1.29 is 9.90 Å². The number of aryl methyl sites for hydroxylation is 2. The average molecular weight is 280 g/mol. The molecule has 2 aromatic heterocycles. The van der Waals surface area contributed by atoms with Gasteiger partial charge in [-0.2, -0.15) is 0 Å². The van der Waals surface area contributed by atoms with Gasteiger partial charge in [0.05, 0.1) is 10.8 Å². The molecule has 19 heavy (non-hydrogen) atoms. The van der Waals surface area contributed by atoms with Crippen LogP contribution in [0.25, 0.3) is 10.7 Å². The molecule has 0 saturated carbocycles. The molecule has 2 aromatic rings. The number of aliphatic carboxylic acids is 1. The molecule has 0 bridgehead atoms. The van der Waals surface area contributed by atoms with Crippen LogP contribution < -0.4 is 0 Å². The number of carboxylic acid groups (broad SMARTS) is 1. The summed E-state index contributed by atoms with van der Waals surface area (Å²) in [6, 6.07) is 4.07. The molecule has 6 nitrogen and oxygen atoms in total. The molecule has 1 N–H and O–H groups in total. The fourth-order valence-corrected chi connectivity index (χ4v) is 2.60. The van der Waals surface area contributed by atoms with Gasteiger partial charge in [0.15, 0.2) is 5.82 Å². The van der Waals surface area contributed by atoms with Crippen LogP contribution in [0.5, 0.6) is 0 Å². The molecular weight excluding hydrogens is 264 g/mol. The van der Waals surface area contributed by atoms with Gasteiger partial charge in [0.25, 0.3) is 0 Å². The van der Waals surface area contributed by atoms with Gasteiger partial charge >= 0.3 is 5.97 Å². The first-order valence-electron chi connectivity index (χ1n) is 6.20. The van der Waals surface area contributed by atoms with E-state index in [1.165, 1.54) is 4.88 Å². The lowest BCUT2D eigenvalue weighted by Crippen LogP contribution is -2.13. The molecule has 0 aliphatic heterocycles. The number of nitrogens with zero attached hydrogens (tertiary/aromatic N) is 4. The molecule has 0 aliphatic carbocycles. The summed E-state index contributed by atoms with van der Waals surface area (Å²) in [7, 11) is 0. The summed E-state index contributed by atoms with van der Waals surface area (Å²) in [4.78, 5) is 13.1. The summed E-state index contributed by atoms with van der Waals surface area (Å²) in [6.45, 7) is 4.30. The molecule has 0 saturated heterocycles. The van der Waals surface area contributed by atoms with E-state index in [1.54, 1.807) is 22.9 Å². The minimum Gasteiger partial charge on any atom is -0.481 e. The van der Waals surface area contributed by atoms with Gasteiger partial charge < -0.3 is 5.11 Å². The van der Waals surface area contributed by atoms with Crippen molar-refractivity contribution in [2.45, 2.75) is 33.2 Å². The van der Waals surface area contributed by atoms with Gasteiger partial charge in [0, 0.05) is 11.4 Å². The maximum absolute atomic E-state index is 10.8. The highest BCUT2D eigenvalue weighted by molar-refractivity contribution is 7.15. The minimum absolute atomic E-state index is 0.397. The normalized spacial score (nSPS) is 12.5. The topological polar surface area (TPSA) is 80.9 Å². The highest BCUT2D eigenvalue weighted by Gasteiger charge is 2.15. The Labute approximate surface area is 115 Å². The standard InChI is InChI=1S/C12H16N4O2S/c1-3-9-4-5-10(19-9)11-13-14-15-16(11)7-6-8(2)12(17)18/h4-5,8H,3,6-7H2,1-2H3,(H,17,18). The Balaban J connectivity index is 2.11. The van der Waals surface area contributed by atoms with Crippen LogP contribution in [0.1, 0.15) is 25.1 Å². The van der Waals surface area contributed by atoms with Gasteiger partial charge in [0.1, 0.15) is 0 Å². The highest BCUT2D eigenvalue weighted by Crippen LogP contribution is 2.26. The third-order valence-electron chi connectivity index (χ3n) is 2.96. The van der Waals surface area contributed by atoms with Crippen LogP contribution in [0.15, 0.2) is 12.1 Å². The van der Waals surface area contributed by atoms with Crippen molar-refractivity contribution in [3.8, 4) is 10.7 Å². The first-order chi connectivity index (χ1) is 9.11. The van der Waals surface area contributed by atoms with E-state index in [0.29, 0.717) is 18.8 Å². The van der Waals surface area contributed by atoms with Crippen LogP contribution in [-0.2, 0) is 17.8 Å². The number of rotatable bonds is 6. The number of thiophene rings is 1. The first kappa shape index (κ1) is 13.7. The van der Waals surface area contributed by atoms with Crippen molar-refractivity contribution in [1.82, 2.24) is 20.2 Å². The SMILES string of the molecule is CCc1ccc(-c2nnnn2CCC(C)C(=O)O)s1. The molecule has 1 atom stereocenters. The van der Waals surface area contributed by atoms with Gasteiger partial charge in [-0.05, 0) is 35.4 Å². The molecule has 0 spiro atoms.